The molecular formula is C40H42BN7O2. The Hall–Kier alpha value is -5.10. The number of hydrogen-bond acceptors (Lipinski definition) is 9. The van der Waals surface area contributed by atoms with Gasteiger partial charge in [-0.3, -0.25) is 29.7 Å². The molecule has 0 saturated carbocycles. The van der Waals surface area contributed by atoms with Gasteiger partial charge in [0, 0.05) is 77.1 Å². The average molecular weight is 664 g/mol. The predicted molar refractivity (Wildman–Crippen MR) is 196 cm³/mol. The van der Waals surface area contributed by atoms with E-state index in [0.29, 0.717) is 57.8 Å². The molecule has 6 aromatic rings. The molecule has 10 heteroatoms. The Labute approximate surface area is 294 Å². The van der Waals surface area contributed by atoms with Gasteiger partial charge >= 0.3 is 7.12 Å². The number of rotatable bonds is 17. The van der Waals surface area contributed by atoms with E-state index in [1.165, 1.54) is 16.7 Å². The van der Waals surface area contributed by atoms with Crippen molar-refractivity contribution < 1.29 is 10.0 Å². The third-order valence-corrected chi connectivity index (χ3v) is 8.28. The van der Waals surface area contributed by atoms with Crippen LogP contribution in [0, 0.1) is 0 Å². The van der Waals surface area contributed by atoms with Crippen molar-refractivity contribution in [1.82, 2.24) is 35.1 Å². The van der Waals surface area contributed by atoms with E-state index in [1.807, 2.05) is 91.5 Å². The van der Waals surface area contributed by atoms with Crippen molar-refractivity contribution in [2.45, 2.75) is 52.4 Å². The molecule has 4 heterocycles. The molecule has 0 atom stereocenters. The van der Waals surface area contributed by atoms with Crippen molar-refractivity contribution in [3.63, 3.8) is 0 Å². The molecule has 9 nitrogen and oxygen atoms in total. The van der Waals surface area contributed by atoms with Gasteiger partial charge < -0.3 is 15.4 Å². The van der Waals surface area contributed by atoms with Crippen LogP contribution in [0.25, 0.3) is 0 Å². The lowest BCUT2D eigenvalue weighted by Gasteiger charge is -2.25. The van der Waals surface area contributed by atoms with Crippen LogP contribution in [0.2, 0.25) is 0 Å². The Morgan fingerprint density at radius 2 is 0.860 bits per heavy atom. The fourth-order valence-electron chi connectivity index (χ4n) is 6.07. The largest absolute Gasteiger partial charge is 0.488 e. The summed E-state index contributed by atoms with van der Waals surface area (Å²) >= 11 is 0. The maximum atomic E-state index is 9.64. The van der Waals surface area contributed by atoms with E-state index < -0.39 is 7.12 Å². The molecule has 0 saturated heterocycles. The van der Waals surface area contributed by atoms with Gasteiger partial charge in [0.25, 0.3) is 0 Å². The summed E-state index contributed by atoms with van der Waals surface area (Å²) in [6, 6.07) is 38.4. The highest BCUT2D eigenvalue weighted by Crippen LogP contribution is 2.20. The second-order valence-electron chi connectivity index (χ2n) is 12.5. The van der Waals surface area contributed by atoms with E-state index in [2.05, 4.69) is 77.5 Å². The SMILES string of the molecule is OB(O)c1cccc(CNCc2cc(CN(Cc3ccccn3)Cc3ccccn3)cc(CN(Cc3ccccn3)Cc3ccccn3)c2)c1. The zero-order chi connectivity index (χ0) is 34.4. The van der Waals surface area contributed by atoms with E-state index in [-0.39, 0.29) is 0 Å². The van der Waals surface area contributed by atoms with Gasteiger partial charge in [-0.1, -0.05) is 66.7 Å². The van der Waals surface area contributed by atoms with Gasteiger partial charge in [-0.15, -0.1) is 0 Å². The molecule has 3 N–H and O–H groups in total. The number of nitrogens with one attached hydrogen (secondary N) is 1. The zero-order valence-corrected chi connectivity index (χ0v) is 28.1. The van der Waals surface area contributed by atoms with Crippen LogP contribution in [0.5, 0.6) is 0 Å². The molecule has 0 aliphatic rings. The summed E-state index contributed by atoms with van der Waals surface area (Å²) < 4.78 is 0. The number of aromatic nitrogens is 4. The summed E-state index contributed by atoms with van der Waals surface area (Å²) in [4.78, 5) is 23.2. The van der Waals surface area contributed by atoms with Gasteiger partial charge in [0.05, 0.1) is 22.8 Å². The molecule has 0 radical (unpaired) electrons. The third-order valence-electron chi connectivity index (χ3n) is 8.28. The van der Waals surface area contributed by atoms with Crippen molar-refractivity contribution in [1.29, 1.82) is 0 Å². The first-order chi connectivity index (χ1) is 24.6. The summed E-state index contributed by atoms with van der Waals surface area (Å²) in [5.41, 5.74) is 9.07. The summed E-state index contributed by atoms with van der Waals surface area (Å²) in [7, 11) is -1.49. The highest BCUT2D eigenvalue weighted by Gasteiger charge is 2.15. The molecule has 0 fully saturated rings. The first-order valence-corrected chi connectivity index (χ1v) is 16.9. The first kappa shape index (κ1) is 34.8. The van der Waals surface area contributed by atoms with Gasteiger partial charge in [0.15, 0.2) is 0 Å². The van der Waals surface area contributed by atoms with Crippen LogP contribution >= 0.6 is 0 Å². The maximum Gasteiger partial charge on any atom is 0.488 e. The van der Waals surface area contributed by atoms with Gasteiger partial charge in [-0.25, -0.2) is 0 Å². The number of hydrogen-bond donors (Lipinski definition) is 3. The van der Waals surface area contributed by atoms with Crippen LogP contribution in [0.4, 0.5) is 0 Å². The molecule has 0 aliphatic carbocycles. The minimum Gasteiger partial charge on any atom is -0.423 e. The summed E-state index contributed by atoms with van der Waals surface area (Å²) in [5.74, 6) is 0. The second-order valence-corrected chi connectivity index (χ2v) is 12.5. The van der Waals surface area contributed by atoms with E-state index in [0.717, 1.165) is 28.3 Å². The molecule has 4 aromatic heterocycles. The molecule has 6 rings (SSSR count). The zero-order valence-electron chi connectivity index (χ0n) is 28.1. The summed E-state index contributed by atoms with van der Waals surface area (Å²) in [6.07, 6.45) is 7.36. The second kappa shape index (κ2) is 18.1. The van der Waals surface area contributed by atoms with Crippen molar-refractivity contribution in [2.75, 3.05) is 0 Å². The average Bonchev–Trinajstić information content (AvgIpc) is 3.13. The summed E-state index contributed by atoms with van der Waals surface area (Å²) in [5, 5.41) is 22.9. The van der Waals surface area contributed by atoms with Crippen LogP contribution < -0.4 is 10.8 Å². The van der Waals surface area contributed by atoms with Crippen LogP contribution in [-0.4, -0.2) is 46.9 Å². The van der Waals surface area contributed by atoms with Crippen LogP contribution in [-0.2, 0) is 52.4 Å². The maximum absolute atomic E-state index is 9.64. The Balaban J connectivity index is 1.27. The minimum absolute atomic E-state index is 0.482. The van der Waals surface area contributed by atoms with Gasteiger partial charge in [-0.2, -0.15) is 0 Å². The predicted octanol–water partition coefficient (Wildman–Crippen LogP) is 4.64. The topological polar surface area (TPSA) is 111 Å². The highest BCUT2D eigenvalue weighted by molar-refractivity contribution is 6.58. The lowest BCUT2D eigenvalue weighted by molar-refractivity contribution is 0.237. The van der Waals surface area contributed by atoms with Crippen LogP contribution in [0.1, 0.15) is 45.0 Å². The van der Waals surface area contributed by atoms with Gasteiger partial charge in [-0.05, 0) is 76.2 Å². The molecule has 0 aliphatic heterocycles. The van der Waals surface area contributed by atoms with Crippen molar-refractivity contribution in [3.8, 4) is 0 Å². The normalized spacial score (nSPS) is 11.3. The van der Waals surface area contributed by atoms with Crippen molar-refractivity contribution in [2.24, 2.45) is 0 Å². The van der Waals surface area contributed by atoms with Gasteiger partial charge in [0.1, 0.15) is 0 Å². The number of benzene rings is 2. The Morgan fingerprint density at radius 1 is 0.440 bits per heavy atom. The third kappa shape index (κ3) is 11.0. The Bertz CT molecular complexity index is 1690. The minimum atomic E-state index is -1.49. The van der Waals surface area contributed by atoms with Crippen LogP contribution in [0.15, 0.2) is 140 Å². The Kier molecular flexibility index (Phi) is 12.6. The Morgan fingerprint density at radius 3 is 1.26 bits per heavy atom. The van der Waals surface area contributed by atoms with E-state index in [4.69, 9.17) is 0 Å². The van der Waals surface area contributed by atoms with E-state index in [1.54, 1.807) is 6.07 Å². The monoisotopic (exact) mass is 663 g/mol. The van der Waals surface area contributed by atoms with E-state index in [9.17, 15) is 10.0 Å². The fourth-order valence-corrected chi connectivity index (χ4v) is 6.07. The number of nitrogens with zero attached hydrogens (tertiary/aromatic N) is 6. The quantitative estimate of drug-likeness (QED) is 0.120. The molecule has 252 valence electrons. The fraction of sp³-hybridized carbons (Fsp3) is 0.200. The van der Waals surface area contributed by atoms with Crippen molar-refractivity contribution >= 4 is 12.6 Å². The number of pyridine rings is 4. The molecule has 0 amide bonds. The molecule has 0 spiro atoms. The molecule has 2 aromatic carbocycles. The lowest BCUT2D eigenvalue weighted by Crippen LogP contribution is -2.30. The molecular weight excluding hydrogens is 621 g/mol. The highest BCUT2D eigenvalue weighted by atomic mass is 16.4. The van der Waals surface area contributed by atoms with Crippen LogP contribution in [0.3, 0.4) is 0 Å². The lowest BCUT2D eigenvalue weighted by atomic mass is 9.79. The molecule has 50 heavy (non-hydrogen) atoms. The molecule has 0 bridgehead atoms. The van der Waals surface area contributed by atoms with Crippen molar-refractivity contribution in [3.05, 3.63) is 185 Å². The van der Waals surface area contributed by atoms with Gasteiger partial charge in [0.2, 0.25) is 0 Å². The summed E-state index contributed by atoms with van der Waals surface area (Å²) in [6.45, 7) is 5.42. The smallest absolute Gasteiger partial charge is 0.423 e. The standard InChI is InChI=1S/C40H42BN7O2/c49-41(50)36-11-9-10-32(23-36)24-42-25-33-20-34(26-47(28-37-12-1-5-16-43-37)29-38-13-2-6-17-44-38)22-35(21-33)27-48(30-39-14-3-7-18-45-39)31-40-15-4-8-19-46-40/h1-23,42,49-50H,24-31H2. The first-order valence-electron chi connectivity index (χ1n) is 16.9. The van der Waals surface area contributed by atoms with E-state index >= 15 is 0 Å². The molecule has 0 unspecified atom stereocenters.